The summed E-state index contributed by atoms with van der Waals surface area (Å²) in [5.74, 6) is 0.0474. The van der Waals surface area contributed by atoms with Gasteiger partial charge in [-0.3, -0.25) is 5.10 Å². The maximum atomic E-state index is 13.3. The van der Waals surface area contributed by atoms with E-state index in [1.54, 1.807) is 18.2 Å². The normalized spacial score (nSPS) is 10.8. The van der Waals surface area contributed by atoms with Gasteiger partial charge in [-0.05, 0) is 57.2 Å². The summed E-state index contributed by atoms with van der Waals surface area (Å²) in [6, 6.07) is 6.52. The Bertz CT molecular complexity index is 532. The van der Waals surface area contributed by atoms with E-state index >= 15 is 0 Å². The largest absolute Gasteiger partial charge is 0.491 e. The molecule has 0 aliphatic heterocycles. The molecule has 0 saturated heterocycles. The van der Waals surface area contributed by atoms with E-state index in [1.165, 1.54) is 11.6 Å². The number of nitrogens with one attached hydrogen (secondary N) is 1. The molecule has 1 aromatic heterocycles. The number of aryl methyl sites for hydroxylation is 2. The fourth-order valence-corrected chi connectivity index (χ4v) is 2.27. The molecular formula is C16H21FN2O. The molecule has 20 heavy (non-hydrogen) atoms. The lowest BCUT2D eigenvalue weighted by molar-refractivity contribution is 0.291. The molecule has 0 unspecified atom stereocenters. The number of unbranched alkanes of at least 4 members (excludes halogenated alkanes) is 2. The number of ether oxygens (including phenoxy) is 1. The monoisotopic (exact) mass is 276 g/mol. The topological polar surface area (TPSA) is 37.9 Å². The number of hydrogen-bond acceptors (Lipinski definition) is 2. The molecular weight excluding hydrogens is 255 g/mol. The molecule has 0 fully saturated rings. The second-order valence-electron chi connectivity index (χ2n) is 5.00. The van der Waals surface area contributed by atoms with Crippen molar-refractivity contribution in [3.05, 3.63) is 47.0 Å². The lowest BCUT2D eigenvalue weighted by Crippen LogP contribution is -1.99. The second-order valence-corrected chi connectivity index (χ2v) is 5.00. The molecule has 0 radical (unpaired) electrons. The highest BCUT2D eigenvalue weighted by molar-refractivity contribution is 5.24. The van der Waals surface area contributed by atoms with E-state index in [-0.39, 0.29) is 5.82 Å². The Morgan fingerprint density at radius 1 is 1.15 bits per heavy atom. The van der Waals surface area contributed by atoms with Crippen molar-refractivity contribution in [3.8, 4) is 5.75 Å². The van der Waals surface area contributed by atoms with Gasteiger partial charge in [0.15, 0.2) is 11.6 Å². The molecule has 2 aromatic rings. The molecule has 1 N–H and O–H groups in total. The molecule has 0 saturated carbocycles. The van der Waals surface area contributed by atoms with E-state index in [0.29, 0.717) is 12.4 Å². The molecule has 0 spiro atoms. The van der Waals surface area contributed by atoms with Crippen LogP contribution in [0.2, 0.25) is 0 Å². The van der Waals surface area contributed by atoms with Gasteiger partial charge in [-0.1, -0.05) is 12.1 Å². The fraction of sp³-hybridized carbons (Fsp3) is 0.438. The van der Waals surface area contributed by atoms with Crippen molar-refractivity contribution in [1.82, 2.24) is 10.2 Å². The smallest absolute Gasteiger partial charge is 0.165 e. The highest BCUT2D eigenvalue weighted by Gasteiger charge is 2.05. The van der Waals surface area contributed by atoms with Crippen LogP contribution in [0.3, 0.4) is 0 Å². The van der Waals surface area contributed by atoms with E-state index in [0.717, 1.165) is 37.1 Å². The lowest BCUT2D eigenvalue weighted by atomic mass is 10.1. The van der Waals surface area contributed by atoms with Crippen LogP contribution in [0.5, 0.6) is 5.75 Å². The number of aromatic nitrogens is 2. The van der Waals surface area contributed by atoms with E-state index in [1.807, 2.05) is 6.92 Å². The second kappa shape index (κ2) is 7.08. The molecule has 0 atom stereocenters. The predicted octanol–water partition coefficient (Wildman–Crippen LogP) is 3.96. The number of para-hydroxylation sites is 1. The number of aromatic amines is 1. The lowest BCUT2D eigenvalue weighted by Gasteiger charge is -2.07. The zero-order valence-electron chi connectivity index (χ0n) is 12.1. The first-order valence-corrected chi connectivity index (χ1v) is 7.06. The van der Waals surface area contributed by atoms with Crippen LogP contribution in [0.15, 0.2) is 24.3 Å². The minimum Gasteiger partial charge on any atom is -0.491 e. The van der Waals surface area contributed by atoms with Gasteiger partial charge in [0.1, 0.15) is 0 Å². The number of H-pyrrole nitrogens is 1. The number of halogens is 1. The van der Waals surface area contributed by atoms with E-state index in [9.17, 15) is 4.39 Å². The number of benzene rings is 1. The standard InChI is InChI=1S/C16H21FN2O/c1-12-14(13(2)19-18-12)8-4-3-7-11-20-16-10-6-5-9-15(16)17/h5-6,9-10H,3-4,7-8,11H2,1-2H3,(H,18,19). The van der Waals surface area contributed by atoms with Gasteiger partial charge in [-0.2, -0.15) is 5.10 Å². The van der Waals surface area contributed by atoms with Crippen molar-refractivity contribution in [2.45, 2.75) is 39.5 Å². The van der Waals surface area contributed by atoms with Gasteiger partial charge in [0.05, 0.1) is 12.3 Å². The van der Waals surface area contributed by atoms with Gasteiger partial charge in [0, 0.05) is 5.69 Å². The molecule has 0 aliphatic carbocycles. The third kappa shape index (κ3) is 3.83. The third-order valence-electron chi connectivity index (χ3n) is 3.45. The maximum absolute atomic E-state index is 13.3. The first kappa shape index (κ1) is 14.6. The van der Waals surface area contributed by atoms with Gasteiger partial charge in [0.25, 0.3) is 0 Å². The van der Waals surface area contributed by atoms with Crippen LogP contribution >= 0.6 is 0 Å². The van der Waals surface area contributed by atoms with Crippen LogP contribution in [0.25, 0.3) is 0 Å². The average molecular weight is 276 g/mol. The Kier molecular flexibility index (Phi) is 5.16. The van der Waals surface area contributed by atoms with E-state index in [2.05, 4.69) is 17.1 Å². The molecule has 0 aliphatic rings. The Morgan fingerprint density at radius 2 is 1.95 bits per heavy atom. The van der Waals surface area contributed by atoms with Gasteiger partial charge in [0.2, 0.25) is 0 Å². The highest BCUT2D eigenvalue weighted by atomic mass is 19.1. The molecule has 4 heteroatoms. The van der Waals surface area contributed by atoms with Crippen molar-refractivity contribution in [3.63, 3.8) is 0 Å². The predicted molar refractivity (Wildman–Crippen MR) is 77.5 cm³/mol. The molecule has 2 rings (SSSR count). The fourth-order valence-electron chi connectivity index (χ4n) is 2.27. The van der Waals surface area contributed by atoms with E-state index in [4.69, 9.17) is 4.74 Å². The summed E-state index contributed by atoms with van der Waals surface area (Å²) in [5.41, 5.74) is 3.57. The van der Waals surface area contributed by atoms with Gasteiger partial charge in [-0.25, -0.2) is 4.39 Å². The number of hydrogen-bond donors (Lipinski definition) is 1. The van der Waals surface area contributed by atoms with Crippen molar-refractivity contribution in [2.75, 3.05) is 6.61 Å². The van der Waals surface area contributed by atoms with Crippen LogP contribution in [-0.2, 0) is 6.42 Å². The molecule has 3 nitrogen and oxygen atoms in total. The van der Waals surface area contributed by atoms with Crippen LogP contribution in [0, 0.1) is 19.7 Å². The minimum atomic E-state index is -0.294. The maximum Gasteiger partial charge on any atom is 0.165 e. The average Bonchev–Trinajstić information content (AvgIpc) is 2.76. The van der Waals surface area contributed by atoms with Gasteiger partial charge >= 0.3 is 0 Å². The quantitative estimate of drug-likeness (QED) is 0.777. The van der Waals surface area contributed by atoms with Crippen molar-refractivity contribution in [2.24, 2.45) is 0 Å². The number of rotatable bonds is 7. The summed E-state index contributed by atoms with van der Waals surface area (Å²) in [6.45, 7) is 4.64. The van der Waals surface area contributed by atoms with Crippen LogP contribution < -0.4 is 4.74 Å². The molecule has 0 bridgehead atoms. The summed E-state index contributed by atoms with van der Waals surface area (Å²) in [7, 11) is 0. The Morgan fingerprint density at radius 3 is 2.65 bits per heavy atom. The summed E-state index contributed by atoms with van der Waals surface area (Å²) < 4.78 is 18.7. The van der Waals surface area contributed by atoms with Crippen LogP contribution in [0.1, 0.15) is 36.2 Å². The Labute approximate surface area is 119 Å². The summed E-state index contributed by atoms with van der Waals surface area (Å²) >= 11 is 0. The van der Waals surface area contributed by atoms with Gasteiger partial charge < -0.3 is 4.74 Å². The van der Waals surface area contributed by atoms with E-state index < -0.39 is 0 Å². The SMILES string of the molecule is Cc1n[nH]c(C)c1CCCCCOc1ccccc1F. The summed E-state index contributed by atoms with van der Waals surface area (Å²) in [6.07, 6.45) is 4.14. The first-order valence-electron chi connectivity index (χ1n) is 7.06. The van der Waals surface area contributed by atoms with Crippen molar-refractivity contribution < 1.29 is 9.13 Å². The summed E-state index contributed by atoms with van der Waals surface area (Å²) in [5, 5.41) is 7.19. The summed E-state index contributed by atoms with van der Waals surface area (Å²) in [4.78, 5) is 0. The first-order chi connectivity index (χ1) is 9.68. The molecule has 108 valence electrons. The Hall–Kier alpha value is -1.84. The van der Waals surface area contributed by atoms with Crippen LogP contribution in [0.4, 0.5) is 4.39 Å². The third-order valence-corrected chi connectivity index (χ3v) is 3.45. The van der Waals surface area contributed by atoms with Crippen molar-refractivity contribution in [1.29, 1.82) is 0 Å². The number of nitrogens with zero attached hydrogens (tertiary/aromatic N) is 1. The minimum absolute atomic E-state index is 0.294. The zero-order chi connectivity index (χ0) is 14.4. The van der Waals surface area contributed by atoms with Crippen molar-refractivity contribution >= 4 is 0 Å². The van der Waals surface area contributed by atoms with Crippen LogP contribution in [-0.4, -0.2) is 16.8 Å². The van der Waals surface area contributed by atoms with Gasteiger partial charge in [-0.15, -0.1) is 0 Å². The molecule has 0 amide bonds. The molecule has 1 heterocycles. The molecule has 1 aromatic carbocycles. The highest BCUT2D eigenvalue weighted by Crippen LogP contribution is 2.16. The zero-order valence-corrected chi connectivity index (χ0v) is 12.1. The Balaban J connectivity index is 1.64.